The van der Waals surface area contributed by atoms with Gasteiger partial charge in [-0.3, -0.25) is 14.5 Å². The summed E-state index contributed by atoms with van der Waals surface area (Å²) in [5.74, 6) is 0.551. The summed E-state index contributed by atoms with van der Waals surface area (Å²) >= 11 is 0. The van der Waals surface area contributed by atoms with Crippen molar-refractivity contribution in [2.75, 3.05) is 7.05 Å². The van der Waals surface area contributed by atoms with E-state index < -0.39 is 0 Å². The van der Waals surface area contributed by atoms with Gasteiger partial charge >= 0.3 is 0 Å². The molecular formula is C18H26N4O. The minimum absolute atomic E-state index is 0.0271. The van der Waals surface area contributed by atoms with Crippen LogP contribution < -0.4 is 0 Å². The lowest BCUT2D eigenvalue weighted by atomic mass is 9.95. The molecule has 1 unspecified atom stereocenters. The fourth-order valence-corrected chi connectivity index (χ4v) is 3.04. The van der Waals surface area contributed by atoms with Crippen molar-refractivity contribution in [3.8, 4) is 0 Å². The zero-order valence-corrected chi connectivity index (χ0v) is 14.8. The van der Waals surface area contributed by atoms with Gasteiger partial charge in [-0.05, 0) is 29.5 Å². The molecule has 0 aliphatic rings. The Bertz CT molecular complexity index is 661. The summed E-state index contributed by atoms with van der Waals surface area (Å²) in [6.07, 6.45) is 3.57. The van der Waals surface area contributed by atoms with Crippen molar-refractivity contribution < 1.29 is 4.79 Å². The summed E-state index contributed by atoms with van der Waals surface area (Å²) in [4.78, 5) is 18.8. The van der Waals surface area contributed by atoms with Crippen molar-refractivity contribution in [2.24, 2.45) is 13.0 Å². The third-order valence-corrected chi connectivity index (χ3v) is 4.12. The van der Waals surface area contributed by atoms with Crippen molar-refractivity contribution >= 4 is 5.91 Å². The van der Waals surface area contributed by atoms with Crippen LogP contribution in [0, 0.1) is 5.92 Å². The molecule has 0 saturated carbocycles. The molecule has 5 nitrogen and oxygen atoms in total. The topological polar surface area (TPSA) is 51.0 Å². The number of aryl methyl sites for hydroxylation is 1. The number of amides is 1. The highest BCUT2D eigenvalue weighted by Gasteiger charge is 2.27. The maximum Gasteiger partial charge on any atom is 0.274 e. The minimum Gasteiger partial charge on any atom is -0.333 e. The second-order valence-electron chi connectivity index (χ2n) is 6.62. The molecule has 0 aliphatic heterocycles. The summed E-state index contributed by atoms with van der Waals surface area (Å²) in [6, 6.07) is 5.78. The van der Waals surface area contributed by atoms with Crippen LogP contribution in [0.1, 0.15) is 61.4 Å². The molecule has 1 atom stereocenters. The standard InChI is InChI=1S/C18H26N4O/c1-12(2)16-10-15(20-22(16)6)18(23)21(5)17(13(3)4)14-8-7-9-19-11-14/h7-13,17H,1-6H3. The first-order valence-electron chi connectivity index (χ1n) is 8.04. The van der Waals surface area contributed by atoms with Crippen LogP contribution in [0.25, 0.3) is 0 Å². The zero-order chi connectivity index (χ0) is 17.1. The zero-order valence-electron chi connectivity index (χ0n) is 14.8. The molecule has 124 valence electrons. The Labute approximate surface area is 138 Å². The van der Waals surface area contributed by atoms with Gasteiger partial charge in [-0.2, -0.15) is 5.10 Å². The number of carbonyl (C=O) groups excluding carboxylic acids is 1. The normalized spacial score (nSPS) is 12.7. The monoisotopic (exact) mass is 314 g/mol. The smallest absolute Gasteiger partial charge is 0.274 e. The van der Waals surface area contributed by atoms with E-state index in [1.165, 1.54) is 0 Å². The molecule has 0 radical (unpaired) electrons. The first-order valence-corrected chi connectivity index (χ1v) is 8.04. The van der Waals surface area contributed by atoms with Gasteiger partial charge in [-0.25, -0.2) is 0 Å². The van der Waals surface area contributed by atoms with Crippen molar-refractivity contribution in [1.82, 2.24) is 19.7 Å². The van der Waals surface area contributed by atoms with E-state index in [-0.39, 0.29) is 17.9 Å². The van der Waals surface area contributed by atoms with Crippen LogP contribution in [-0.4, -0.2) is 32.6 Å². The Hall–Kier alpha value is -2.17. The van der Waals surface area contributed by atoms with E-state index in [0.29, 0.717) is 11.6 Å². The molecule has 2 rings (SSSR count). The Morgan fingerprint density at radius 1 is 1.26 bits per heavy atom. The number of carbonyl (C=O) groups is 1. The Balaban J connectivity index is 2.31. The molecule has 0 aliphatic carbocycles. The third-order valence-electron chi connectivity index (χ3n) is 4.12. The summed E-state index contributed by atoms with van der Waals surface area (Å²) in [7, 11) is 3.72. The van der Waals surface area contributed by atoms with Crippen molar-refractivity contribution in [2.45, 2.75) is 39.7 Å². The summed E-state index contributed by atoms with van der Waals surface area (Å²) in [5, 5.41) is 4.40. The third kappa shape index (κ3) is 3.60. The quantitative estimate of drug-likeness (QED) is 0.850. The van der Waals surface area contributed by atoms with E-state index in [1.54, 1.807) is 15.8 Å². The summed E-state index contributed by atoms with van der Waals surface area (Å²) < 4.78 is 1.79. The SMILES string of the molecule is CC(C)c1cc(C(=O)N(C)C(c2cccnc2)C(C)C)nn1C. The van der Waals surface area contributed by atoms with E-state index in [4.69, 9.17) is 0 Å². The predicted octanol–water partition coefficient (Wildman–Crippen LogP) is 3.41. The molecule has 2 aromatic rings. The largest absolute Gasteiger partial charge is 0.333 e. The van der Waals surface area contributed by atoms with Gasteiger partial charge in [-0.1, -0.05) is 33.8 Å². The molecule has 23 heavy (non-hydrogen) atoms. The summed E-state index contributed by atoms with van der Waals surface area (Å²) in [5.41, 5.74) is 2.59. The fourth-order valence-electron chi connectivity index (χ4n) is 3.04. The first kappa shape index (κ1) is 17.2. The van der Waals surface area contributed by atoms with Crippen molar-refractivity contribution in [3.05, 3.63) is 47.5 Å². The fraction of sp³-hybridized carbons (Fsp3) is 0.500. The van der Waals surface area contributed by atoms with Crippen molar-refractivity contribution in [3.63, 3.8) is 0 Å². The molecule has 0 aromatic carbocycles. The van der Waals surface area contributed by atoms with Gasteiger partial charge in [0.2, 0.25) is 0 Å². The van der Waals surface area contributed by atoms with Gasteiger partial charge in [0, 0.05) is 32.2 Å². The van der Waals surface area contributed by atoms with Gasteiger partial charge in [0.15, 0.2) is 5.69 Å². The Morgan fingerprint density at radius 3 is 2.43 bits per heavy atom. The molecule has 2 aromatic heterocycles. The number of nitrogens with zero attached hydrogens (tertiary/aromatic N) is 4. The van der Waals surface area contributed by atoms with Crippen LogP contribution in [0.3, 0.4) is 0 Å². The number of hydrogen-bond acceptors (Lipinski definition) is 3. The average molecular weight is 314 g/mol. The van der Waals surface area contributed by atoms with E-state index in [2.05, 4.69) is 37.8 Å². The highest BCUT2D eigenvalue weighted by molar-refractivity contribution is 5.92. The van der Waals surface area contributed by atoms with Crippen LogP contribution >= 0.6 is 0 Å². The molecule has 0 saturated heterocycles. The van der Waals surface area contributed by atoms with E-state index in [9.17, 15) is 4.79 Å². The first-order chi connectivity index (χ1) is 10.8. The molecule has 0 bridgehead atoms. The highest BCUT2D eigenvalue weighted by atomic mass is 16.2. The predicted molar refractivity (Wildman–Crippen MR) is 91.2 cm³/mol. The van der Waals surface area contributed by atoms with Crippen molar-refractivity contribution in [1.29, 1.82) is 0 Å². The van der Waals surface area contributed by atoms with E-state index in [1.807, 2.05) is 38.5 Å². The molecule has 2 heterocycles. The van der Waals surface area contributed by atoms with Gasteiger partial charge in [-0.15, -0.1) is 0 Å². The van der Waals surface area contributed by atoms with Crippen LogP contribution in [0.15, 0.2) is 30.6 Å². The number of pyridine rings is 1. The van der Waals surface area contributed by atoms with Gasteiger partial charge in [0.25, 0.3) is 5.91 Å². The Kier molecular flexibility index (Phi) is 5.19. The number of aromatic nitrogens is 3. The van der Waals surface area contributed by atoms with E-state index in [0.717, 1.165) is 11.3 Å². The number of rotatable bonds is 5. The van der Waals surface area contributed by atoms with Crippen LogP contribution in [0.2, 0.25) is 0 Å². The van der Waals surface area contributed by atoms with Gasteiger partial charge in [0.1, 0.15) is 0 Å². The lowest BCUT2D eigenvalue weighted by molar-refractivity contribution is 0.0680. The lowest BCUT2D eigenvalue weighted by Crippen LogP contribution is -2.34. The molecule has 0 N–H and O–H groups in total. The average Bonchev–Trinajstić information content (AvgIpc) is 2.89. The molecular weight excluding hydrogens is 288 g/mol. The van der Waals surface area contributed by atoms with E-state index >= 15 is 0 Å². The Morgan fingerprint density at radius 2 is 1.96 bits per heavy atom. The van der Waals surface area contributed by atoms with Crippen LogP contribution in [-0.2, 0) is 7.05 Å². The lowest BCUT2D eigenvalue weighted by Gasteiger charge is -2.31. The molecule has 5 heteroatoms. The highest BCUT2D eigenvalue weighted by Crippen LogP contribution is 2.28. The second kappa shape index (κ2) is 6.94. The van der Waals surface area contributed by atoms with Gasteiger partial charge in [0.05, 0.1) is 6.04 Å². The maximum atomic E-state index is 12.9. The summed E-state index contributed by atoms with van der Waals surface area (Å²) in [6.45, 7) is 8.42. The minimum atomic E-state index is -0.0601. The van der Waals surface area contributed by atoms with Crippen LogP contribution in [0.5, 0.6) is 0 Å². The number of hydrogen-bond donors (Lipinski definition) is 0. The second-order valence-corrected chi connectivity index (χ2v) is 6.62. The molecule has 0 spiro atoms. The maximum absolute atomic E-state index is 12.9. The van der Waals surface area contributed by atoms with Gasteiger partial charge < -0.3 is 4.90 Å². The van der Waals surface area contributed by atoms with Crippen LogP contribution in [0.4, 0.5) is 0 Å². The molecule has 0 fully saturated rings. The molecule has 1 amide bonds.